The molecule has 0 aromatic carbocycles. The molecular weight excluding hydrogens is 324 g/mol. The Hall–Kier alpha value is -0.740. The lowest BCUT2D eigenvalue weighted by atomic mass is 9.91. The molecule has 4 atom stereocenters. The number of hydrogen-bond acceptors (Lipinski definition) is 4. The van der Waals surface area contributed by atoms with Crippen LogP contribution in [0.15, 0.2) is 0 Å². The van der Waals surface area contributed by atoms with Gasteiger partial charge >= 0.3 is 0 Å². The largest absolute Gasteiger partial charge is 0.298 e. The molecule has 2 heterocycles. The van der Waals surface area contributed by atoms with E-state index in [9.17, 15) is 9.59 Å². The van der Waals surface area contributed by atoms with Crippen LogP contribution in [0.4, 0.5) is 0 Å². The second-order valence-corrected chi connectivity index (χ2v) is 9.17. The summed E-state index contributed by atoms with van der Waals surface area (Å²) in [5, 5.41) is 0. The SMILES string of the molecule is CC(C)C(=O)[C@H]1CCCN1C(C)CCC(C)C(=O)[C@@H]1CCCN1C(C)C. The highest BCUT2D eigenvalue weighted by Crippen LogP contribution is 2.28. The molecule has 0 spiro atoms. The number of nitrogens with zero attached hydrogens (tertiary/aromatic N) is 2. The first-order valence-corrected chi connectivity index (χ1v) is 10.8. The lowest BCUT2D eigenvalue weighted by Gasteiger charge is -2.32. The van der Waals surface area contributed by atoms with E-state index in [0.29, 0.717) is 23.7 Å². The number of likely N-dealkylation sites (tertiary alicyclic amines) is 2. The molecular formula is C22H40N2O2. The van der Waals surface area contributed by atoms with Gasteiger partial charge in [0.15, 0.2) is 11.6 Å². The summed E-state index contributed by atoms with van der Waals surface area (Å²) in [4.78, 5) is 30.2. The lowest BCUT2D eigenvalue weighted by molar-refractivity contribution is -0.128. The molecule has 2 fully saturated rings. The normalized spacial score (nSPS) is 27.4. The van der Waals surface area contributed by atoms with Gasteiger partial charge in [0.1, 0.15) is 0 Å². The van der Waals surface area contributed by atoms with Crippen LogP contribution in [-0.2, 0) is 9.59 Å². The first kappa shape index (κ1) is 21.6. The number of rotatable bonds is 9. The molecule has 0 saturated carbocycles. The topological polar surface area (TPSA) is 40.6 Å². The van der Waals surface area contributed by atoms with Gasteiger partial charge in [-0.25, -0.2) is 0 Å². The number of carbonyl (C=O) groups excluding carboxylic acids is 2. The summed E-state index contributed by atoms with van der Waals surface area (Å²) < 4.78 is 0. The molecule has 0 aliphatic carbocycles. The smallest absolute Gasteiger partial charge is 0.152 e. The molecule has 0 aromatic rings. The van der Waals surface area contributed by atoms with Crippen molar-refractivity contribution in [3.63, 3.8) is 0 Å². The fourth-order valence-corrected chi connectivity index (χ4v) is 4.85. The van der Waals surface area contributed by atoms with Crippen molar-refractivity contribution in [3.05, 3.63) is 0 Å². The molecule has 0 amide bonds. The van der Waals surface area contributed by atoms with Crippen molar-refractivity contribution >= 4 is 11.6 Å². The first-order valence-electron chi connectivity index (χ1n) is 10.8. The Morgan fingerprint density at radius 1 is 0.808 bits per heavy atom. The molecule has 2 unspecified atom stereocenters. The molecule has 2 aliphatic rings. The van der Waals surface area contributed by atoms with E-state index < -0.39 is 0 Å². The van der Waals surface area contributed by atoms with Crippen molar-refractivity contribution in [2.45, 2.75) is 104 Å². The Morgan fingerprint density at radius 3 is 1.88 bits per heavy atom. The molecule has 0 aromatic heterocycles. The molecule has 0 bridgehead atoms. The van der Waals surface area contributed by atoms with Gasteiger partial charge in [-0.2, -0.15) is 0 Å². The van der Waals surface area contributed by atoms with Gasteiger partial charge in [0.25, 0.3) is 0 Å². The average molecular weight is 365 g/mol. The standard InChI is InChI=1S/C22H40N2O2/c1-15(2)21(25)19-9-8-14-24(19)18(6)12-11-17(5)22(26)20-10-7-13-23(20)16(3)4/h15-20H,7-14H2,1-6H3/t17?,18?,19-,20+/m1/s1. The van der Waals surface area contributed by atoms with E-state index in [1.54, 1.807) is 0 Å². The van der Waals surface area contributed by atoms with Crippen LogP contribution in [0.2, 0.25) is 0 Å². The van der Waals surface area contributed by atoms with Gasteiger partial charge < -0.3 is 0 Å². The molecule has 0 N–H and O–H groups in total. The van der Waals surface area contributed by atoms with Crippen molar-refractivity contribution in [2.75, 3.05) is 13.1 Å². The summed E-state index contributed by atoms with van der Waals surface area (Å²) in [5.74, 6) is 1.04. The van der Waals surface area contributed by atoms with Crippen molar-refractivity contribution < 1.29 is 9.59 Å². The van der Waals surface area contributed by atoms with E-state index >= 15 is 0 Å². The quantitative estimate of drug-likeness (QED) is 0.622. The van der Waals surface area contributed by atoms with Crippen molar-refractivity contribution in [1.82, 2.24) is 9.80 Å². The van der Waals surface area contributed by atoms with E-state index in [2.05, 4.69) is 37.5 Å². The number of carbonyl (C=O) groups is 2. The minimum Gasteiger partial charge on any atom is -0.298 e. The highest BCUT2D eigenvalue weighted by atomic mass is 16.1. The van der Waals surface area contributed by atoms with E-state index in [-0.39, 0.29) is 23.9 Å². The number of hydrogen-bond donors (Lipinski definition) is 0. The van der Waals surface area contributed by atoms with Gasteiger partial charge in [0.2, 0.25) is 0 Å². The van der Waals surface area contributed by atoms with Gasteiger partial charge in [-0.1, -0.05) is 20.8 Å². The summed E-state index contributed by atoms with van der Waals surface area (Å²) in [7, 11) is 0. The molecule has 2 saturated heterocycles. The van der Waals surface area contributed by atoms with Crippen LogP contribution in [0.1, 0.15) is 80.1 Å². The Balaban J connectivity index is 1.87. The molecule has 2 aliphatic heterocycles. The maximum atomic E-state index is 12.9. The van der Waals surface area contributed by atoms with E-state index in [4.69, 9.17) is 0 Å². The second kappa shape index (κ2) is 9.45. The van der Waals surface area contributed by atoms with Crippen LogP contribution < -0.4 is 0 Å². The van der Waals surface area contributed by atoms with Crippen LogP contribution in [0.3, 0.4) is 0 Å². The zero-order chi connectivity index (χ0) is 19.4. The lowest BCUT2D eigenvalue weighted by Crippen LogP contribution is -2.44. The minimum absolute atomic E-state index is 0.0993. The third kappa shape index (κ3) is 4.95. The Morgan fingerprint density at radius 2 is 1.35 bits per heavy atom. The summed E-state index contributed by atoms with van der Waals surface area (Å²) in [6.45, 7) is 14.8. The molecule has 4 heteroatoms. The highest BCUT2D eigenvalue weighted by Gasteiger charge is 2.36. The fraction of sp³-hybridized carbons (Fsp3) is 0.909. The second-order valence-electron chi connectivity index (χ2n) is 9.17. The van der Waals surface area contributed by atoms with Crippen molar-refractivity contribution in [3.8, 4) is 0 Å². The van der Waals surface area contributed by atoms with Gasteiger partial charge in [-0.15, -0.1) is 0 Å². The maximum absolute atomic E-state index is 12.9. The number of ketones is 2. The predicted molar refractivity (Wildman–Crippen MR) is 107 cm³/mol. The highest BCUT2D eigenvalue weighted by molar-refractivity contribution is 5.86. The first-order chi connectivity index (χ1) is 12.2. The average Bonchev–Trinajstić information content (AvgIpc) is 3.26. The molecule has 4 nitrogen and oxygen atoms in total. The maximum Gasteiger partial charge on any atom is 0.152 e. The molecule has 2 rings (SSSR count). The van der Waals surface area contributed by atoms with E-state index in [1.165, 1.54) is 0 Å². The summed E-state index contributed by atoms with van der Waals surface area (Å²) in [6.07, 6.45) is 6.22. The monoisotopic (exact) mass is 364 g/mol. The molecule has 26 heavy (non-hydrogen) atoms. The summed E-state index contributed by atoms with van der Waals surface area (Å²) in [5.41, 5.74) is 0. The van der Waals surface area contributed by atoms with Crippen molar-refractivity contribution in [1.29, 1.82) is 0 Å². The zero-order valence-electron chi connectivity index (χ0n) is 17.8. The van der Waals surface area contributed by atoms with Gasteiger partial charge in [-0.05, 0) is 72.4 Å². The summed E-state index contributed by atoms with van der Waals surface area (Å²) >= 11 is 0. The zero-order valence-corrected chi connectivity index (χ0v) is 17.8. The molecule has 150 valence electrons. The van der Waals surface area contributed by atoms with Crippen LogP contribution in [-0.4, -0.2) is 58.6 Å². The third-order valence-electron chi connectivity index (χ3n) is 6.55. The van der Waals surface area contributed by atoms with Crippen LogP contribution in [0.25, 0.3) is 0 Å². The van der Waals surface area contributed by atoms with Crippen LogP contribution in [0, 0.1) is 11.8 Å². The van der Waals surface area contributed by atoms with E-state index in [1.807, 2.05) is 13.8 Å². The third-order valence-corrected chi connectivity index (χ3v) is 6.55. The van der Waals surface area contributed by atoms with Crippen LogP contribution >= 0.6 is 0 Å². The number of Topliss-reactive ketones (excluding diaryl/α,β-unsaturated/α-hetero) is 2. The van der Waals surface area contributed by atoms with Crippen molar-refractivity contribution in [2.24, 2.45) is 11.8 Å². The minimum atomic E-state index is 0.0993. The predicted octanol–water partition coefficient (Wildman–Crippen LogP) is 3.92. The van der Waals surface area contributed by atoms with E-state index in [0.717, 1.165) is 51.6 Å². The van der Waals surface area contributed by atoms with Gasteiger partial charge in [-0.3, -0.25) is 19.4 Å². The Kier molecular flexibility index (Phi) is 7.84. The summed E-state index contributed by atoms with van der Waals surface area (Å²) in [6, 6.07) is 1.06. The van der Waals surface area contributed by atoms with Gasteiger partial charge in [0.05, 0.1) is 12.1 Å². The Bertz CT molecular complexity index is 489. The molecule has 0 radical (unpaired) electrons. The fourth-order valence-electron chi connectivity index (χ4n) is 4.85. The van der Waals surface area contributed by atoms with Gasteiger partial charge in [0, 0.05) is 23.9 Å². The van der Waals surface area contributed by atoms with Crippen LogP contribution in [0.5, 0.6) is 0 Å². The Labute approximate surface area is 160 Å².